The maximum atomic E-state index is 10.5. The van der Waals surface area contributed by atoms with Crippen molar-refractivity contribution in [1.82, 2.24) is 15.0 Å². The van der Waals surface area contributed by atoms with E-state index in [0.717, 1.165) is 0 Å². The number of anilines is 1. The Balaban J connectivity index is 2.13. The lowest BCUT2D eigenvalue weighted by atomic mass is 9.89. The first kappa shape index (κ1) is 14.5. The molecule has 8 nitrogen and oxygen atoms in total. The van der Waals surface area contributed by atoms with E-state index in [1.807, 2.05) is 0 Å². The van der Waals surface area contributed by atoms with Crippen molar-refractivity contribution in [2.45, 2.75) is 30.8 Å². The molecule has 1 aliphatic heterocycles. The number of halogens is 1. The third kappa shape index (κ3) is 2.07. The summed E-state index contributed by atoms with van der Waals surface area (Å²) in [5, 5.41) is 29.7. The van der Waals surface area contributed by atoms with E-state index in [1.54, 1.807) is 6.20 Å². The number of aromatic amines is 1. The fourth-order valence-electron chi connectivity index (χ4n) is 2.67. The zero-order chi connectivity index (χ0) is 15.4. The Morgan fingerprint density at radius 2 is 2.24 bits per heavy atom. The van der Waals surface area contributed by atoms with Gasteiger partial charge in [-0.2, -0.15) is 4.98 Å². The number of H-pyrrole nitrogens is 1. The molecule has 0 amide bonds. The van der Waals surface area contributed by atoms with Gasteiger partial charge in [-0.3, -0.25) is 0 Å². The molecule has 4 atom stereocenters. The van der Waals surface area contributed by atoms with Crippen LogP contribution in [0.3, 0.4) is 0 Å². The van der Waals surface area contributed by atoms with E-state index < -0.39 is 30.5 Å². The van der Waals surface area contributed by atoms with E-state index in [2.05, 4.69) is 15.0 Å². The summed E-state index contributed by atoms with van der Waals surface area (Å²) in [7, 11) is 0. The van der Waals surface area contributed by atoms with Gasteiger partial charge in [0.05, 0.1) is 6.61 Å². The fraction of sp³-hybridized carbons (Fsp3) is 0.500. The quantitative estimate of drug-likeness (QED) is 0.481. The first-order valence-electron chi connectivity index (χ1n) is 6.33. The van der Waals surface area contributed by atoms with Crippen LogP contribution in [0.4, 0.5) is 5.82 Å². The first-order valence-corrected chi connectivity index (χ1v) is 6.70. The van der Waals surface area contributed by atoms with Gasteiger partial charge in [-0.15, -0.1) is 0 Å². The Morgan fingerprint density at radius 1 is 1.52 bits per heavy atom. The van der Waals surface area contributed by atoms with Crippen molar-refractivity contribution in [3.63, 3.8) is 0 Å². The first-order chi connectivity index (χ1) is 9.86. The molecule has 9 heteroatoms. The van der Waals surface area contributed by atoms with E-state index in [4.69, 9.17) is 22.1 Å². The molecule has 0 aliphatic carbocycles. The minimum absolute atomic E-state index is 0.0299. The molecule has 2 aromatic rings. The number of nitrogen functional groups attached to an aromatic ring is 1. The highest BCUT2D eigenvalue weighted by Gasteiger charge is 2.53. The monoisotopic (exact) mass is 314 g/mol. The van der Waals surface area contributed by atoms with Crippen LogP contribution in [0.1, 0.15) is 18.6 Å². The van der Waals surface area contributed by atoms with Crippen LogP contribution in [-0.4, -0.2) is 54.7 Å². The smallest absolute Gasteiger partial charge is 0.225 e. The van der Waals surface area contributed by atoms with Crippen molar-refractivity contribution in [2.75, 3.05) is 12.3 Å². The molecular weight excluding hydrogens is 300 g/mol. The Morgan fingerprint density at radius 3 is 2.86 bits per heavy atom. The molecule has 2 aromatic heterocycles. The number of aliphatic hydroxyl groups excluding tert-OH is 2. The van der Waals surface area contributed by atoms with Crippen molar-refractivity contribution in [2.24, 2.45) is 0 Å². The lowest BCUT2D eigenvalue weighted by Gasteiger charge is -2.26. The highest BCUT2D eigenvalue weighted by atomic mass is 35.5. The van der Waals surface area contributed by atoms with Crippen LogP contribution < -0.4 is 5.73 Å². The lowest BCUT2D eigenvalue weighted by Crippen LogP contribution is -2.42. The number of rotatable bonds is 2. The second-order valence-corrected chi connectivity index (χ2v) is 5.59. The van der Waals surface area contributed by atoms with E-state index in [1.165, 1.54) is 6.92 Å². The SMILES string of the molecule is CC1(O)C(c2c[nH]c3c(N)nc(Cl)nc23)OC(CO)C1O. The summed E-state index contributed by atoms with van der Waals surface area (Å²) in [5.41, 5.74) is 5.53. The lowest BCUT2D eigenvalue weighted by molar-refractivity contribution is -0.0641. The van der Waals surface area contributed by atoms with Crippen molar-refractivity contribution >= 4 is 28.5 Å². The van der Waals surface area contributed by atoms with Crippen LogP contribution in [0.5, 0.6) is 0 Å². The highest BCUT2D eigenvalue weighted by Crippen LogP contribution is 2.43. The fourth-order valence-corrected chi connectivity index (χ4v) is 2.84. The predicted molar refractivity (Wildman–Crippen MR) is 74.6 cm³/mol. The molecule has 3 heterocycles. The number of aromatic nitrogens is 3. The average molecular weight is 315 g/mol. The number of aliphatic hydroxyl groups is 3. The molecule has 1 fully saturated rings. The summed E-state index contributed by atoms with van der Waals surface area (Å²) >= 11 is 5.81. The number of hydrogen-bond donors (Lipinski definition) is 5. The maximum absolute atomic E-state index is 10.5. The van der Waals surface area contributed by atoms with Gasteiger partial charge in [-0.1, -0.05) is 0 Å². The Bertz CT molecular complexity index is 689. The molecule has 4 unspecified atom stereocenters. The minimum Gasteiger partial charge on any atom is -0.394 e. The molecule has 0 radical (unpaired) electrons. The van der Waals surface area contributed by atoms with Crippen LogP contribution >= 0.6 is 11.6 Å². The highest BCUT2D eigenvalue weighted by molar-refractivity contribution is 6.28. The summed E-state index contributed by atoms with van der Waals surface area (Å²) in [5.74, 6) is 0.174. The van der Waals surface area contributed by atoms with Gasteiger partial charge in [0.1, 0.15) is 34.9 Å². The van der Waals surface area contributed by atoms with Gasteiger partial charge >= 0.3 is 0 Å². The summed E-state index contributed by atoms with van der Waals surface area (Å²) < 4.78 is 5.56. The summed E-state index contributed by atoms with van der Waals surface area (Å²) in [6.45, 7) is 1.02. The van der Waals surface area contributed by atoms with Gasteiger partial charge in [0.2, 0.25) is 5.28 Å². The number of fused-ring (bicyclic) bond motifs is 1. The van der Waals surface area contributed by atoms with Crippen LogP contribution in [0.15, 0.2) is 6.20 Å². The van der Waals surface area contributed by atoms with Crippen molar-refractivity contribution in [1.29, 1.82) is 0 Å². The molecule has 1 aliphatic rings. The van der Waals surface area contributed by atoms with Gasteiger partial charge in [-0.25, -0.2) is 4.98 Å². The molecule has 114 valence electrons. The summed E-state index contributed by atoms with van der Waals surface area (Å²) in [4.78, 5) is 10.8. The van der Waals surface area contributed by atoms with Gasteiger partial charge < -0.3 is 30.8 Å². The van der Waals surface area contributed by atoms with Crippen LogP contribution in [0.25, 0.3) is 11.0 Å². The van der Waals surface area contributed by atoms with Crippen molar-refractivity contribution in [3.05, 3.63) is 17.0 Å². The molecular formula is C12H15ClN4O4. The molecule has 0 bridgehead atoms. The third-order valence-electron chi connectivity index (χ3n) is 3.81. The zero-order valence-corrected chi connectivity index (χ0v) is 11.9. The van der Waals surface area contributed by atoms with Gasteiger partial charge in [0.15, 0.2) is 5.82 Å². The Hall–Kier alpha value is -1.45. The number of ether oxygens (including phenoxy) is 1. The van der Waals surface area contributed by atoms with Gasteiger partial charge in [0, 0.05) is 11.8 Å². The van der Waals surface area contributed by atoms with Gasteiger partial charge in [0.25, 0.3) is 0 Å². The van der Waals surface area contributed by atoms with Crippen LogP contribution in [0, 0.1) is 0 Å². The molecule has 21 heavy (non-hydrogen) atoms. The van der Waals surface area contributed by atoms with Crippen molar-refractivity contribution in [3.8, 4) is 0 Å². The number of nitrogens with two attached hydrogens (primary N) is 1. The second kappa shape index (κ2) is 4.79. The van der Waals surface area contributed by atoms with E-state index >= 15 is 0 Å². The Labute approximate surface area is 124 Å². The molecule has 3 rings (SSSR count). The molecule has 6 N–H and O–H groups in total. The third-order valence-corrected chi connectivity index (χ3v) is 3.98. The molecule has 0 spiro atoms. The Kier molecular flexibility index (Phi) is 3.30. The van der Waals surface area contributed by atoms with E-state index in [-0.39, 0.29) is 11.1 Å². The summed E-state index contributed by atoms with van der Waals surface area (Å²) in [6.07, 6.45) is -1.43. The molecule has 0 saturated carbocycles. The molecule has 0 aromatic carbocycles. The number of hydrogen-bond acceptors (Lipinski definition) is 7. The zero-order valence-electron chi connectivity index (χ0n) is 11.1. The molecule has 1 saturated heterocycles. The standard InChI is InChI=1S/C12H15ClN4O4/c1-12(20)8(19)5(3-18)21-9(12)4-2-15-7-6(4)16-11(13)17-10(7)14/h2,5,8-9,15,18-20H,3H2,1H3,(H2,14,16,17). The topological polar surface area (TPSA) is 138 Å². The van der Waals surface area contributed by atoms with Crippen molar-refractivity contribution < 1.29 is 20.1 Å². The van der Waals surface area contributed by atoms with Crippen LogP contribution in [0.2, 0.25) is 5.28 Å². The number of nitrogens with one attached hydrogen (secondary N) is 1. The van der Waals surface area contributed by atoms with Crippen LogP contribution in [-0.2, 0) is 4.74 Å². The summed E-state index contributed by atoms with van der Waals surface area (Å²) in [6, 6.07) is 0. The second-order valence-electron chi connectivity index (χ2n) is 5.25. The maximum Gasteiger partial charge on any atom is 0.225 e. The van der Waals surface area contributed by atoms with Gasteiger partial charge in [-0.05, 0) is 18.5 Å². The normalized spacial score (nSPS) is 32.9. The van der Waals surface area contributed by atoms with E-state index in [9.17, 15) is 15.3 Å². The number of nitrogens with zero attached hydrogens (tertiary/aromatic N) is 2. The average Bonchev–Trinajstić information content (AvgIpc) is 2.91. The predicted octanol–water partition coefficient (Wildman–Crippen LogP) is -0.262. The minimum atomic E-state index is -1.59. The van der Waals surface area contributed by atoms with E-state index in [0.29, 0.717) is 16.6 Å². The largest absolute Gasteiger partial charge is 0.394 e.